The molecule has 3 aromatic rings. The van der Waals surface area contributed by atoms with Crippen molar-refractivity contribution in [3.05, 3.63) is 39.5 Å². The third kappa shape index (κ3) is 5.46. The van der Waals surface area contributed by atoms with E-state index in [0.29, 0.717) is 17.6 Å². The predicted octanol–water partition coefficient (Wildman–Crippen LogP) is 3.51. The first-order valence-electron chi connectivity index (χ1n) is 11.7. The molecule has 2 atom stereocenters. The van der Waals surface area contributed by atoms with Gasteiger partial charge in [-0.2, -0.15) is 4.98 Å². The zero-order valence-electron chi connectivity index (χ0n) is 21.8. The van der Waals surface area contributed by atoms with E-state index in [1.165, 1.54) is 44.2 Å². The van der Waals surface area contributed by atoms with Gasteiger partial charge in [-0.15, -0.1) is 0 Å². The van der Waals surface area contributed by atoms with Crippen LogP contribution in [0.5, 0.6) is 11.5 Å². The molecule has 1 aliphatic heterocycles. The zero-order chi connectivity index (χ0) is 27.8. The van der Waals surface area contributed by atoms with Gasteiger partial charge in [0.2, 0.25) is 5.95 Å². The highest BCUT2D eigenvalue weighted by molar-refractivity contribution is 6.35. The summed E-state index contributed by atoms with van der Waals surface area (Å²) in [6.45, 7) is 5.91. The van der Waals surface area contributed by atoms with E-state index in [4.69, 9.17) is 30.5 Å². The van der Waals surface area contributed by atoms with Crippen LogP contribution in [-0.2, 0) is 16.5 Å². The fourth-order valence-corrected chi connectivity index (χ4v) is 4.40. The van der Waals surface area contributed by atoms with Crippen LogP contribution in [0, 0.1) is 5.82 Å². The molecule has 1 fully saturated rings. The van der Waals surface area contributed by atoms with Crippen LogP contribution in [-0.4, -0.2) is 65.7 Å². The van der Waals surface area contributed by atoms with E-state index in [1.54, 1.807) is 20.8 Å². The minimum Gasteiger partial charge on any atom is -0.495 e. The summed E-state index contributed by atoms with van der Waals surface area (Å²) in [5.41, 5.74) is -1.02. The minimum atomic E-state index is -0.793. The van der Waals surface area contributed by atoms with Crippen LogP contribution < -0.4 is 25.7 Å². The molecule has 38 heavy (non-hydrogen) atoms. The number of benzene rings is 1. The number of methoxy groups -OCH3 is 2. The number of carbonyl (C=O) groups excluding carboxylic acids is 1. The Morgan fingerprint density at radius 3 is 2.53 bits per heavy atom. The Morgan fingerprint density at radius 2 is 1.87 bits per heavy atom. The lowest BCUT2D eigenvalue weighted by molar-refractivity contribution is 0.0497. The SMILES string of the molecule is COc1cc(OC)c(Cl)c(-c2cc3cnc(N[C@@H]4COC[C@@H]4NC(=O)OC(C)(C)C)nc3n(C)c2=O)c1F. The van der Waals surface area contributed by atoms with Crippen molar-refractivity contribution in [1.29, 1.82) is 0 Å². The number of nitrogens with zero attached hydrogens (tertiary/aromatic N) is 3. The van der Waals surface area contributed by atoms with Crippen molar-refractivity contribution in [3.8, 4) is 22.6 Å². The van der Waals surface area contributed by atoms with Crippen molar-refractivity contribution < 1.29 is 28.1 Å². The molecule has 0 radical (unpaired) electrons. The minimum absolute atomic E-state index is 0.00479. The molecule has 13 heteroatoms. The number of halogens is 2. The average Bonchev–Trinajstić information content (AvgIpc) is 3.27. The van der Waals surface area contributed by atoms with Gasteiger partial charge in [0.15, 0.2) is 11.6 Å². The molecule has 2 N–H and O–H groups in total. The number of amides is 1. The van der Waals surface area contributed by atoms with Crippen molar-refractivity contribution in [2.24, 2.45) is 7.05 Å². The maximum absolute atomic E-state index is 15.3. The average molecular weight is 550 g/mol. The van der Waals surface area contributed by atoms with E-state index in [9.17, 15) is 9.59 Å². The lowest BCUT2D eigenvalue weighted by Crippen LogP contribution is -2.47. The summed E-state index contributed by atoms with van der Waals surface area (Å²) >= 11 is 6.40. The molecule has 2 aromatic heterocycles. The molecule has 1 amide bonds. The first-order chi connectivity index (χ1) is 17.9. The van der Waals surface area contributed by atoms with Gasteiger partial charge in [0.1, 0.15) is 17.0 Å². The van der Waals surface area contributed by atoms with Crippen molar-refractivity contribution >= 4 is 34.7 Å². The van der Waals surface area contributed by atoms with Crippen molar-refractivity contribution in [1.82, 2.24) is 19.9 Å². The monoisotopic (exact) mass is 549 g/mol. The van der Waals surface area contributed by atoms with Crippen LogP contribution in [0.3, 0.4) is 0 Å². The van der Waals surface area contributed by atoms with E-state index in [0.717, 1.165) is 0 Å². The zero-order valence-corrected chi connectivity index (χ0v) is 22.6. The van der Waals surface area contributed by atoms with Crippen LogP contribution in [0.25, 0.3) is 22.2 Å². The standard InChI is InChI=1S/C25H29ClFN5O6/c1-25(2,3)38-24(34)30-15-11-37-10-14(15)29-23-28-9-12-7-13(22(33)32(4)21(12)31-23)18-19(26)16(35-5)8-17(36-6)20(18)27/h7-9,14-15H,10-11H2,1-6H3,(H,30,34)(H,28,29,31)/t14-,15+/m1/s1. The molecule has 204 valence electrons. The third-order valence-electron chi connectivity index (χ3n) is 5.89. The quantitative estimate of drug-likeness (QED) is 0.475. The molecule has 1 aliphatic rings. The predicted molar refractivity (Wildman–Crippen MR) is 140 cm³/mol. The number of anilines is 1. The number of hydrogen-bond acceptors (Lipinski definition) is 9. The number of pyridine rings is 1. The van der Waals surface area contributed by atoms with Crippen molar-refractivity contribution in [2.45, 2.75) is 38.5 Å². The fourth-order valence-electron chi connectivity index (χ4n) is 4.08. The van der Waals surface area contributed by atoms with Gasteiger partial charge in [-0.1, -0.05) is 11.6 Å². The van der Waals surface area contributed by atoms with Gasteiger partial charge in [-0.05, 0) is 26.8 Å². The Morgan fingerprint density at radius 1 is 1.18 bits per heavy atom. The molecule has 1 saturated heterocycles. The molecule has 0 aliphatic carbocycles. The summed E-state index contributed by atoms with van der Waals surface area (Å²) in [5.74, 6) is -0.531. The highest BCUT2D eigenvalue weighted by Crippen LogP contribution is 2.41. The highest BCUT2D eigenvalue weighted by Gasteiger charge is 2.32. The summed E-state index contributed by atoms with van der Waals surface area (Å²) in [6, 6.07) is 2.05. The van der Waals surface area contributed by atoms with Crippen LogP contribution in [0.4, 0.5) is 15.1 Å². The fraction of sp³-hybridized carbons (Fsp3) is 0.440. The normalized spacial score (nSPS) is 17.4. The Labute approximate surface area is 223 Å². The molecule has 4 rings (SSSR count). The van der Waals surface area contributed by atoms with Crippen molar-refractivity contribution in [3.63, 3.8) is 0 Å². The van der Waals surface area contributed by atoms with Gasteiger partial charge in [0, 0.05) is 30.3 Å². The molecule has 0 saturated carbocycles. The van der Waals surface area contributed by atoms with Gasteiger partial charge in [0.05, 0.1) is 50.1 Å². The Hall–Kier alpha value is -3.64. The van der Waals surface area contributed by atoms with E-state index in [-0.39, 0.29) is 52.3 Å². The third-order valence-corrected chi connectivity index (χ3v) is 6.26. The lowest BCUT2D eigenvalue weighted by atomic mass is 10.0. The molecule has 11 nitrogen and oxygen atoms in total. The molecule has 0 unspecified atom stereocenters. The Kier molecular flexibility index (Phi) is 7.65. The molecular formula is C25H29ClFN5O6. The molecule has 0 spiro atoms. The van der Waals surface area contributed by atoms with Crippen LogP contribution >= 0.6 is 11.6 Å². The molecule has 0 bridgehead atoms. The number of rotatable bonds is 6. The summed E-state index contributed by atoms with van der Waals surface area (Å²) in [7, 11) is 4.20. The number of nitrogens with one attached hydrogen (secondary N) is 2. The number of alkyl carbamates (subject to hydrolysis) is 1. The lowest BCUT2D eigenvalue weighted by Gasteiger charge is -2.24. The molecule has 3 heterocycles. The van der Waals surface area contributed by atoms with Gasteiger partial charge in [-0.3, -0.25) is 9.36 Å². The number of ether oxygens (including phenoxy) is 4. The first kappa shape index (κ1) is 27.4. The Bertz CT molecular complexity index is 1410. The second-order valence-corrected chi connectivity index (χ2v) is 10.1. The summed E-state index contributed by atoms with van der Waals surface area (Å²) in [4.78, 5) is 34.4. The number of hydrogen-bond donors (Lipinski definition) is 2. The van der Waals surface area contributed by atoms with E-state index in [2.05, 4.69) is 20.6 Å². The topological polar surface area (TPSA) is 126 Å². The van der Waals surface area contributed by atoms with E-state index < -0.39 is 23.1 Å². The van der Waals surface area contributed by atoms with E-state index in [1.807, 2.05) is 0 Å². The summed E-state index contributed by atoms with van der Waals surface area (Å²) in [6.07, 6.45) is 0.942. The number of carbonyl (C=O) groups is 1. The number of aryl methyl sites for hydroxylation is 1. The highest BCUT2D eigenvalue weighted by atomic mass is 35.5. The molecule has 1 aromatic carbocycles. The van der Waals surface area contributed by atoms with Crippen LogP contribution in [0.15, 0.2) is 23.1 Å². The smallest absolute Gasteiger partial charge is 0.408 e. The van der Waals surface area contributed by atoms with Crippen molar-refractivity contribution in [2.75, 3.05) is 32.8 Å². The van der Waals surface area contributed by atoms with Gasteiger partial charge in [-0.25, -0.2) is 14.2 Å². The number of aromatic nitrogens is 3. The maximum atomic E-state index is 15.3. The second-order valence-electron chi connectivity index (χ2n) is 9.72. The summed E-state index contributed by atoms with van der Waals surface area (Å²) in [5, 5.41) is 6.34. The largest absolute Gasteiger partial charge is 0.495 e. The maximum Gasteiger partial charge on any atom is 0.408 e. The molecular weight excluding hydrogens is 521 g/mol. The first-order valence-corrected chi connectivity index (χ1v) is 12.1. The van der Waals surface area contributed by atoms with E-state index >= 15 is 4.39 Å². The van der Waals surface area contributed by atoms with Gasteiger partial charge >= 0.3 is 6.09 Å². The summed E-state index contributed by atoms with van der Waals surface area (Å²) < 4.78 is 37.7. The van der Waals surface area contributed by atoms with Gasteiger partial charge in [0.25, 0.3) is 5.56 Å². The van der Waals surface area contributed by atoms with Crippen LogP contribution in [0.2, 0.25) is 5.02 Å². The van der Waals surface area contributed by atoms with Gasteiger partial charge < -0.3 is 29.6 Å². The number of fused-ring (bicyclic) bond motifs is 1. The van der Waals surface area contributed by atoms with Crippen LogP contribution in [0.1, 0.15) is 20.8 Å². The second kappa shape index (κ2) is 10.6. The Balaban J connectivity index is 1.66.